The van der Waals surface area contributed by atoms with Crippen molar-refractivity contribution in [1.29, 1.82) is 0 Å². The predicted molar refractivity (Wildman–Crippen MR) is 52.0 cm³/mol. The van der Waals surface area contributed by atoms with Crippen LogP contribution < -0.4 is 0 Å². The van der Waals surface area contributed by atoms with Crippen LogP contribution in [-0.2, 0) is 10.6 Å². The first-order chi connectivity index (χ1) is 6.60. The van der Waals surface area contributed by atoms with Gasteiger partial charge in [0.2, 0.25) is 0 Å². The summed E-state index contributed by atoms with van der Waals surface area (Å²) in [6.07, 6.45) is 0. The maximum absolute atomic E-state index is 13.4. The minimum atomic E-state index is -0.666. The molecule has 0 saturated heterocycles. The van der Waals surface area contributed by atoms with Gasteiger partial charge in [-0.2, -0.15) is 0 Å². The van der Waals surface area contributed by atoms with E-state index in [-0.39, 0.29) is 11.4 Å². The molecular formula is C10H10ClFO2. The van der Waals surface area contributed by atoms with E-state index in [4.69, 9.17) is 11.6 Å². The first-order valence-electron chi connectivity index (χ1n) is 4.03. The van der Waals surface area contributed by atoms with Crippen LogP contribution in [0.5, 0.6) is 0 Å². The Balaban J connectivity index is 3.25. The fraction of sp³-hybridized carbons (Fsp3) is 0.300. The second-order valence-corrected chi connectivity index (χ2v) is 3.16. The van der Waals surface area contributed by atoms with Crippen LogP contribution in [0.1, 0.15) is 21.5 Å². The summed E-state index contributed by atoms with van der Waals surface area (Å²) < 4.78 is 17.8. The molecule has 0 saturated carbocycles. The molecule has 0 aromatic heterocycles. The number of hydrogen-bond acceptors (Lipinski definition) is 2. The molecule has 14 heavy (non-hydrogen) atoms. The van der Waals surface area contributed by atoms with Crippen LogP contribution in [0.3, 0.4) is 0 Å². The summed E-state index contributed by atoms with van der Waals surface area (Å²) in [5, 5.41) is 0. The molecule has 0 amide bonds. The standard InChI is InChI=1S/C10H10ClFO2/c1-6-3-7(5-11)4-8(12)9(6)10(13)14-2/h3-4H,5H2,1-2H3. The molecule has 0 aliphatic carbocycles. The number of benzene rings is 1. The summed E-state index contributed by atoms with van der Waals surface area (Å²) in [4.78, 5) is 11.2. The number of esters is 1. The average Bonchev–Trinajstić information content (AvgIpc) is 2.16. The molecule has 1 aromatic carbocycles. The molecule has 0 radical (unpaired) electrons. The van der Waals surface area contributed by atoms with Crippen molar-refractivity contribution in [1.82, 2.24) is 0 Å². The van der Waals surface area contributed by atoms with Gasteiger partial charge in [-0.25, -0.2) is 9.18 Å². The van der Waals surface area contributed by atoms with Crippen LogP contribution in [0.4, 0.5) is 4.39 Å². The van der Waals surface area contributed by atoms with E-state index in [0.717, 1.165) is 0 Å². The average molecular weight is 217 g/mol. The molecular weight excluding hydrogens is 207 g/mol. The lowest BCUT2D eigenvalue weighted by Crippen LogP contribution is -2.07. The Labute approximate surface area is 86.6 Å². The van der Waals surface area contributed by atoms with Gasteiger partial charge in [-0.05, 0) is 24.1 Å². The highest BCUT2D eigenvalue weighted by Gasteiger charge is 2.15. The first-order valence-corrected chi connectivity index (χ1v) is 4.57. The third-order valence-corrected chi connectivity index (χ3v) is 2.20. The van der Waals surface area contributed by atoms with E-state index in [1.165, 1.54) is 13.2 Å². The van der Waals surface area contributed by atoms with Gasteiger partial charge in [-0.3, -0.25) is 0 Å². The molecule has 4 heteroatoms. The van der Waals surface area contributed by atoms with Crippen molar-refractivity contribution in [3.05, 3.63) is 34.6 Å². The van der Waals surface area contributed by atoms with Crippen molar-refractivity contribution < 1.29 is 13.9 Å². The van der Waals surface area contributed by atoms with E-state index in [1.54, 1.807) is 13.0 Å². The zero-order valence-corrected chi connectivity index (χ0v) is 8.69. The molecule has 2 nitrogen and oxygen atoms in total. The Hall–Kier alpha value is -1.09. The number of carbonyl (C=O) groups excluding carboxylic acids is 1. The lowest BCUT2D eigenvalue weighted by molar-refractivity contribution is 0.0594. The van der Waals surface area contributed by atoms with Crippen LogP contribution in [0.15, 0.2) is 12.1 Å². The second kappa shape index (κ2) is 4.42. The van der Waals surface area contributed by atoms with Crippen molar-refractivity contribution >= 4 is 17.6 Å². The summed E-state index contributed by atoms with van der Waals surface area (Å²) >= 11 is 5.55. The quantitative estimate of drug-likeness (QED) is 0.561. The van der Waals surface area contributed by atoms with Gasteiger partial charge in [0, 0.05) is 5.88 Å². The van der Waals surface area contributed by atoms with E-state index >= 15 is 0 Å². The molecule has 0 atom stereocenters. The smallest absolute Gasteiger partial charge is 0.341 e. The van der Waals surface area contributed by atoms with Gasteiger partial charge in [0.1, 0.15) is 5.82 Å². The van der Waals surface area contributed by atoms with Gasteiger partial charge in [0.15, 0.2) is 0 Å². The molecule has 0 N–H and O–H groups in total. The molecule has 1 rings (SSSR count). The van der Waals surface area contributed by atoms with Crippen LogP contribution in [-0.4, -0.2) is 13.1 Å². The Morgan fingerprint density at radius 1 is 1.57 bits per heavy atom. The van der Waals surface area contributed by atoms with Crippen molar-refractivity contribution in [3.8, 4) is 0 Å². The number of methoxy groups -OCH3 is 1. The maximum Gasteiger partial charge on any atom is 0.341 e. The zero-order valence-electron chi connectivity index (χ0n) is 7.93. The molecule has 0 aliphatic rings. The lowest BCUT2D eigenvalue weighted by atomic mass is 10.1. The fourth-order valence-corrected chi connectivity index (χ4v) is 1.41. The summed E-state index contributed by atoms with van der Waals surface area (Å²) in [5.41, 5.74) is 1.16. The number of alkyl halides is 1. The topological polar surface area (TPSA) is 26.3 Å². The minimum absolute atomic E-state index is 0.0265. The van der Waals surface area contributed by atoms with Crippen molar-refractivity contribution in [2.24, 2.45) is 0 Å². The molecule has 1 aromatic rings. The normalized spacial score (nSPS) is 10.0. The van der Waals surface area contributed by atoms with E-state index in [0.29, 0.717) is 11.1 Å². The molecule has 0 heterocycles. The molecule has 0 bridgehead atoms. The highest BCUT2D eigenvalue weighted by atomic mass is 35.5. The highest BCUT2D eigenvalue weighted by Crippen LogP contribution is 2.18. The van der Waals surface area contributed by atoms with Crippen LogP contribution in [0.25, 0.3) is 0 Å². The third kappa shape index (κ3) is 2.04. The largest absolute Gasteiger partial charge is 0.465 e. The Bertz CT molecular complexity index is 340. The number of rotatable bonds is 2. The SMILES string of the molecule is COC(=O)c1c(C)cc(CCl)cc1F. The van der Waals surface area contributed by atoms with Crippen molar-refractivity contribution in [2.75, 3.05) is 7.11 Å². The minimum Gasteiger partial charge on any atom is -0.465 e. The predicted octanol–water partition coefficient (Wildman–Crippen LogP) is 2.66. The summed E-state index contributed by atoms with van der Waals surface area (Å²) in [7, 11) is 1.22. The second-order valence-electron chi connectivity index (χ2n) is 2.89. The molecule has 0 aliphatic heterocycles. The van der Waals surface area contributed by atoms with Crippen LogP contribution in [0.2, 0.25) is 0 Å². The first kappa shape index (κ1) is 11.0. The van der Waals surface area contributed by atoms with Gasteiger partial charge in [0.05, 0.1) is 12.7 Å². The van der Waals surface area contributed by atoms with Gasteiger partial charge >= 0.3 is 5.97 Å². The number of aryl methyl sites for hydroxylation is 1. The highest BCUT2D eigenvalue weighted by molar-refractivity contribution is 6.17. The van der Waals surface area contributed by atoms with Crippen molar-refractivity contribution in [2.45, 2.75) is 12.8 Å². The summed E-state index contributed by atoms with van der Waals surface area (Å²) in [6, 6.07) is 2.91. The van der Waals surface area contributed by atoms with E-state index in [2.05, 4.69) is 4.74 Å². The number of ether oxygens (including phenoxy) is 1. The Morgan fingerprint density at radius 2 is 2.21 bits per heavy atom. The molecule has 0 fully saturated rings. The molecule has 76 valence electrons. The molecule has 0 spiro atoms. The van der Waals surface area contributed by atoms with Gasteiger partial charge in [0.25, 0.3) is 0 Å². The van der Waals surface area contributed by atoms with Gasteiger partial charge < -0.3 is 4.74 Å². The van der Waals surface area contributed by atoms with Gasteiger partial charge in [-0.15, -0.1) is 11.6 Å². The van der Waals surface area contributed by atoms with E-state index in [1.807, 2.05) is 0 Å². The fourth-order valence-electron chi connectivity index (χ4n) is 1.25. The number of hydrogen-bond donors (Lipinski definition) is 0. The van der Waals surface area contributed by atoms with Crippen LogP contribution >= 0.6 is 11.6 Å². The number of carbonyl (C=O) groups is 1. The lowest BCUT2D eigenvalue weighted by Gasteiger charge is -2.06. The van der Waals surface area contributed by atoms with Gasteiger partial charge in [-0.1, -0.05) is 6.07 Å². The van der Waals surface area contributed by atoms with E-state index in [9.17, 15) is 9.18 Å². The Kier molecular flexibility index (Phi) is 3.47. The third-order valence-electron chi connectivity index (χ3n) is 1.89. The maximum atomic E-state index is 13.4. The van der Waals surface area contributed by atoms with Crippen molar-refractivity contribution in [3.63, 3.8) is 0 Å². The van der Waals surface area contributed by atoms with Crippen LogP contribution in [0, 0.1) is 12.7 Å². The monoisotopic (exact) mass is 216 g/mol. The summed E-state index contributed by atoms with van der Waals surface area (Å²) in [6.45, 7) is 1.64. The molecule has 0 unspecified atom stereocenters. The summed E-state index contributed by atoms with van der Waals surface area (Å²) in [5.74, 6) is -1.03. The zero-order chi connectivity index (χ0) is 10.7. The Morgan fingerprint density at radius 3 is 2.64 bits per heavy atom. The van der Waals surface area contributed by atoms with E-state index < -0.39 is 11.8 Å². The number of halogens is 2.